The van der Waals surface area contributed by atoms with Gasteiger partial charge in [0.05, 0.1) is 5.69 Å². The monoisotopic (exact) mass is 208 g/mol. The summed E-state index contributed by atoms with van der Waals surface area (Å²) in [5, 5.41) is 3.37. The fourth-order valence-corrected chi connectivity index (χ4v) is 2.15. The van der Waals surface area contributed by atoms with Gasteiger partial charge in [-0.2, -0.15) is 0 Å². The number of hydrogen-bond acceptors (Lipinski definition) is 3. The van der Waals surface area contributed by atoms with Crippen LogP contribution in [0.25, 0.3) is 0 Å². The zero-order chi connectivity index (χ0) is 10.5. The van der Waals surface area contributed by atoms with Crippen molar-refractivity contribution in [3.63, 3.8) is 0 Å². The maximum Gasteiger partial charge on any atom is 0.194 e. The number of aromatic nitrogens is 1. The summed E-state index contributed by atoms with van der Waals surface area (Å²) >= 11 is 0. The van der Waals surface area contributed by atoms with Crippen molar-refractivity contribution in [3.05, 3.63) is 17.8 Å². The van der Waals surface area contributed by atoms with Gasteiger partial charge >= 0.3 is 0 Å². The van der Waals surface area contributed by atoms with Crippen LogP contribution in [0.5, 0.6) is 0 Å². The van der Waals surface area contributed by atoms with Gasteiger partial charge in [-0.05, 0) is 38.3 Å². The molecule has 2 rings (SSSR count). The SMILES string of the molecule is CCCc1coc(CC2CCNCC2)n1. The van der Waals surface area contributed by atoms with Gasteiger partial charge in [0, 0.05) is 6.42 Å². The highest BCUT2D eigenvalue weighted by molar-refractivity contribution is 4.97. The fourth-order valence-electron chi connectivity index (χ4n) is 2.15. The minimum absolute atomic E-state index is 0.763. The molecule has 3 heteroatoms. The van der Waals surface area contributed by atoms with E-state index >= 15 is 0 Å². The highest BCUT2D eigenvalue weighted by atomic mass is 16.3. The van der Waals surface area contributed by atoms with Gasteiger partial charge in [-0.3, -0.25) is 0 Å². The van der Waals surface area contributed by atoms with Crippen molar-refractivity contribution >= 4 is 0 Å². The minimum Gasteiger partial charge on any atom is -0.449 e. The zero-order valence-corrected chi connectivity index (χ0v) is 9.46. The molecule has 0 bridgehead atoms. The molecule has 1 saturated heterocycles. The highest BCUT2D eigenvalue weighted by Gasteiger charge is 2.16. The summed E-state index contributed by atoms with van der Waals surface area (Å²) in [4.78, 5) is 4.51. The van der Waals surface area contributed by atoms with E-state index in [2.05, 4.69) is 17.2 Å². The smallest absolute Gasteiger partial charge is 0.194 e. The molecule has 1 aromatic heterocycles. The lowest BCUT2D eigenvalue weighted by Gasteiger charge is -2.20. The first-order valence-corrected chi connectivity index (χ1v) is 6.02. The molecule has 1 N–H and O–H groups in total. The van der Waals surface area contributed by atoms with Crippen LogP contribution in [0.3, 0.4) is 0 Å². The number of nitrogens with zero attached hydrogens (tertiary/aromatic N) is 1. The molecule has 0 aromatic carbocycles. The summed E-state index contributed by atoms with van der Waals surface area (Å²) in [6.45, 7) is 4.46. The average Bonchev–Trinajstić information content (AvgIpc) is 2.68. The Morgan fingerprint density at radius 1 is 1.47 bits per heavy atom. The van der Waals surface area contributed by atoms with Gasteiger partial charge in [0.25, 0.3) is 0 Å². The molecule has 2 heterocycles. The van der Waals surface area contributed by atoms with E-state index in [0.29, 0.717) is 0 Å². The standard InChI is InChI=1S/C12H20N2O/c1-2-3-11-9-15-12(14-11)8-10-4-6-13-7-5-10/h9-10,13H,2-8H2,1H3. The predicted octanol–water partition coefficient (Wildman–Crippen LogP) is 2.17. The van der Waals surface area contributed by atoms with Crippen molar-refractivity contribution in [2.45, 2.75) is 39.0 Å². The molecule has 0 unspecified atom stereocenters. The Bertz CT molecular complexity index is 290. The summed E-state index contributed by atoms with van der Waals surface area (Å²) < 4.78 is 5.49. The Balaban J connectivity index is 1.86. The summed E-state index contributed by atoms with van der Waals surface area (Å²) in [7, 11) is 0. The Kier molecular flexibility index (Phi) is 3.78. The van der Waals surface area contributed by atoms with Crippen LogP contribution in [-0.2, 0) is 12.8 Å². The molecule has 15 heavy (non-hydrogen) atoms. The maximum atomic E-state index is 5.49. The van der Waals surface area contributed by atoms with Crippen molar-refractivity contribution in [2.75, 3.05) is 13.1 Å². The van der Waals surface area contributed by atoms with Gasteiger partial charge in [0.15, 0.2) is 5.89 Å². The number of aryl methyl sites for hydroxylation is 1. The maximum absolute atomic E-state index is 5.49. The highest BCUT2D eigenvalue weighted by Crippen LogP contribution is 2.17. The Hall–Kier alpha value is -0.830. The van der Waals surface area contributed by atoms with Crippen LogP contribution in [-0.4, -0.2) is 18.1 Å². The summed E-state index contributed by atoms with van der Waals surface area (Å²) in [6.07, 6.45) is 7.53. The number of nitrogens with one attached hydrogen (secondary N) is 1. The zero-order valence-electron chi connectivity index (χ0n) is 9.46. The van der Waals surface area contributed by atoms with Crippen molar-refractivity contribution < 1.29 is 4.42 Å². The van der Waals surface area contributed by atoms with Crippen molar-refractivity contribution in [1.82, 2.24) is 10.3 Å². The molecule has 3 nitrogen and oxygen atoms in total. The number of hydrogen-bond donors (Lipinski definition) is 1. The molecule has 0 saturated carbocycles. The van der Waals surface area contributed by atoms with E-state index < -0.39 is 0 Å². The third-order valence-electron chi connectivity index (χ3n) is 3.03. The second kappa shape index (κ2) is 5.31. The molecular formula is C12H20N2O. The number of rotatable bonds is 4. The second-order valence-electron chi connectivity index (χ2n) is 4.38. The Morgan fingerprint density at radius 2 is 2.27 bits per heavy atom. The topological polar surface area (TPSA) is 38.1 Å². The fraction of sp³-hybridized carbons (Fsp3) is 0.750. The third-order valence-corrected chi connectivity index (χ3v) is 3.03. The van der Waals surface area contributed by atoms with E-state index in [1.165, 1.54) is 12.8 Å². The molecule has 1 fully saturated rings. The Labute approximate surface area is 91.3 Å². The second-order valence-corrected chi connectivity index (χ2v) is 4.38. The van der Waals surface area contributed by atoms with Gasteiger partial charge in [-0.1, -0.05) is 13.3 Å². The van der Waals surface area contributed by atoms with Gasteiger partial charge in [-0.25, -0.2) is 4.98 Å². The molecule has 1 aromatic rings. The lowest BCUT2D eigenvalue weighted by molar-refractivity contribution is 0.341. The first-order valence-electron chi connectivity index (χ1n) is 6.02. The van der Waals surface area contributed by atoms with Crippen LogP contribution >= 0.6 is 0 Å². The van der Waals surface area contributed by atoms with E-state index in [1.54, 1.807) is 0 Å². The van der Waals surface area contributed by atoms with Crippen LogP contribution in [0.2, 0.25) is 0 Å². The number of oxazole rings is 1. The molecule has 0 spiro atoms. The quantitative estimate of drug-likeness (QED) is 0.824. The average molecular weight is 208 g/mol. The Morgan fingerprint density at radius 3 is 3.00 bits per heavy atom. The lowest BCUT2D eigenvalue weighted by Crippen LogP contribution is -2.28. The van der Waals surface area contributed by atoms with Crippen LogP contribution in [0.1, 0.15) is 37.8 Å². The summed E-state index contributed by atoms with van der Waals surface area (Å²) in [5.41, 5.74) is 1.11. The normalized spacial score (nSPS) is 18.2. The van der Waals surface area contributed by atoms with Gasteiger partial charge < -0.3 is 9.73 Å². The van der Waals surface area contributed by atoms with E-state index in [0.717, 1.165) is 49.9 Å². The molecule has 84 valence electrons. The lowest BCUT2D eigenvalue weighted by atomic mass is 9.95. The first-order chi connectivity index (χ1) is 7.38. The van der Waals surface area contributed by atoms with E-state index in [4.69, 9.17) is 4.42 Å². The van der Waals surface area contributed by atoms with Crippen LogP contribution < -0.4 is 5.32 Å². The minimum atomic E-state index is 0.763. The van der Waals surface area contributed by atoms with Gasteiger partial charge in [0.1, 0.15) is 6.26 Å². The van der Waals surface area contributed by atoms with Crippen molar-refractivity contribution in [2.24, 2.45) is 5.92 Å². The van der Waals surface area contributed by atoms with E-state index in [1.807, 2.05) is 6.26 Å². The van der Waals surface area contributed by atoms with E-state index in [-0.39, 0.29) is 0 Å². The van der Waals surface area contributed by atoms with Crippen molar-refractivity contribution in [3.8, 4) is 0 Å². The third kappa shape index (κ3) is 3.06. The van der Waals surface area contributed by atoms with E-state index in [9.17, 15) is 0 Å². The molecule has 0 radical (unpaired) electrons. The summed E-state index contributed by atoms with van der Waals surface area (Å²) in [5.74, 6) is 1.70. The van der Waals surface area contributed by atoms with Crippen LogP contribution in [0, 0.1) is 5.92 Å². The summed E-state index contributed by atoms with van der Waals surface area (Å²) in [6, 6.07) is 0. The van der Waals surface area contributed by atoms with Gasteiger partial charge in [0.2, 0.25) is 0 Å². The van der Waals surface area contributed by atoms with Gasteiger partial charge in [-0.15, -0.1) is 0 Å². The predicted molar refractivity (Wildman–Crippen MR) is 59.8 cm³/mol. The van der Waals surface area contributed by atoms with Crippen LogP contribution in [0.4, 0.5) is 0 Å². The molecular weight excluding hydrogens is 188 g/mol. The molecule has 0 atom stereocenters. The van der Waals surface area contributed by atoms with Crippen molar-refractivity contribution in [1.29, 1.82) is 0 Å². The molecule has 0 aliphatic carbocycles. The first kappa shape index (κ1) is 10.7. The molecule has 0 amide bonds. The van der Waals surface area contributed by atoms with Crippen LogP contribution in [0.15, 0.2) is 10.7 Å². The number of piperidine rings is 1. The molecule has 1 aliphatic heterocycles. The largest absolute Gasteiger partial charge is 0.449 e. The molecule has 1 aliphatic rings.